The van der Waals surface area contributed by atoms with Gasteiger partial charge in [0.15, 0.2) is 0 Å². The van der Waals surface area contributed by atoms with E-state index in [4.69, 9.17) is 9.05 Å². The fourth-order valence-electron chi connectivity index (χ4n) is 8.45. The Balaban J connectivity index is 4.36. The van der Waals surface area contributed by atoms with Crippen molar-refractivity contribution in [2.75, 3.05) is 40.9 Å². The summed E-state index contributed by atoms with van der Waals surface area (Å²) in [4.78, 5) is 25.6. The van der Waals surface area contributed by atoms with E-state index < -0.39 is 26.6 Å². The van der Waals surface area contributed by atoms with Crippen molar-refractivity contribution >= 4 is 13.7 Å². The number of carbonyl (C=O) groups excluding carboxylic acids is 1. The molecule has 81 heavy (non-hydrogen) atoms. The van der Waals surface area contributed by atoms with Gasteiger partial charge in [-0.1, -0.05) is 268 Å². The van der Waals surface area contributed by atoms with Gasteiger partial charge >= 0.3 is 0 Å². The van der Waals surface area contributed by atoms with E-state index in [0.29, 0.717) is 23.9 Å². The highest BCUT2D eigenvalue weighted by atomic mass is 31.2. The molecule has 0 bridgehead atoms. The van der Waals surface area contributed by atoms with Gasteiger partial charge in [-0.3, -0.25) is 9.36 Å². The van der Waals surface area contributed by atoms with Crippen molar-refractivity contribution in [1.82, 2.24) is 5.32 Å². The number of likely N-dealkylation sites (N-methyl/N-ethyl adjacent to an activating group) is 1. The number of nitrogens with zero attached hydrogens (tertiary/aromatic N) is 1. The zero-order chi connectivity index (χ0) is 59.1. The van der Waals surface area contributed by atoms with E-state index in [9.17, 15) is 19.4 Å². The monoisotopic (exact) mass is 1140 g/mol. The topological polar surface area (TPSA) is 108 Å². The molecule has 0 fully saturated rings. The van der Waals surface area contributed by atoms with Crippen LogP contribution in [-0.4, -0.2) is 68.5 Å². The Bertz CT molecular complexity index is 1870. The van der Waals surface area contributed by atoms with Crippen LogP contribution in [0.5, 0.6) is 0 Å². The number of rotatable bonds is 57. The molecular formula is C72H121N2O6P. The zero-order valence-electron chi connectivity index (χ0n) is 52.4. The molecule has 0 radical (unpaired) electrons. The molecule has 1 amide bonds. The van der Waals surface area contributed by atoms with Crippen LogP contribution < -0.4 is 10.2 Å². The van der Waals surface area contributed by atoms with Gasteiger partial charge in [0.1, 0.15) is 13.2 Å². The minimum Gasteiger partial charge on any atom is -0.756 e. The lowest BCUT2D eigenvalue weighted by Crippen LogP contribution is -2.45. The lowest BCUT2D eigenvalue weighted by Gasteiger charge is -2.29. The standard InChI is InChI=1S/C72H121N2O6P/c1-6-8-10-12-14-16-18-20-22-24-26-28-30-32-34-35-36-37-38-39-40-42-44-46-48-50-52-54-56-58-60-62-64-66-72(76)73-70(69-80-81(77,78)79-68-67-74(3,4)5)71(75)65-63-61-59-57-55-53-51-49-47-45-43-41-33-31-29-27-25-23-21-19-17-15-13-11-9-7-2/h8,10,14,16,20,22,26,28,32,34,36-37,39-40,44,46-47,49-50,52,55-58,63,65,70-71,75H,6-7,9,11-13,15,17-19,21,23-25,27,29-31,33,35,38,41-43,45,48,51,53-54,59-62,64,66-69H2,1-5H3,(H-,73,76,77,78)/b10-8-,16-14-,22-20-,28-26-,34-32-,37-36-,40-39-,46-44-,49-47+,52-50-,57-55+,58-56-,65-63+. The summed E-state index contributed by atoms with van der Waals surface area (Å²) in [5.74, 6) is -0.259. The quantitative estimate of drug-likeness (QED) is 0.0272. The predicted molar refractivity (Wildman–Crippen MR) is 352 cm³/mol. The molecule has 0 heterocycles. The van der Waals surface area contributed by atoms with Crippen molar-refractivity contribution in [1.29, 1.82) is 0 Å². The molecule has 8 nitrogen and oxygen atoms in total. The number of allylic oxidation sites excluding steroid dienone is 25. The summed E-state index contributed by atoms with van der Waals surface area (Å²) in [7, 11) is 1.18. The Morgan fingerprint density at radius 3 is 1.15 bits per heavy atom. The van der Waals surface area contributed by atoms with Crippen LogP contribution in [0, 0.1) is 0 Å². The van der Waals surface area contributed by atoms with E-state index in [2.05, 4.69) is 165 Å². The number of unbranched alkanes of at least 4 members (excludes halogenated alkanes) is 20. The average Bonchev–Trinajstić information content (AvgIpc) is 3.43. The smallest absolute Gasteiger partial charge is 0.268 e. The predicted octanol–water partition coefficient (Wildman–Crippen LogP) is 20.0. The largest absolute Gasteiger partial charge is 0.756 e. The second-order valence-electron chi connectivity index (χ2n) is 22.4. The molecule has 2 N–H and O–H groups in total. The van der Waals surface area contributed by atoms with Crippen LogP contribution in [0.15, 0.2) is 158 Å². The minimum absolute atomic E-state index is 0.0268. The van der Waals surface area contributed by atoms with E-state index in [1.54, 1.807) is 6.08 Å². The van der Waals surface area contributed by atoms with Crippen molar-refractivity contribution in [2.45, 2.75) is 251 Å². The van der Waals surface area contributed by atoms with Gasteiger partial charge in [-0.05, 0) is 122 Å². The van der Waals surface area contributed by atoms with E-state index in [1.165, 1.54) is 109 Å². The molecule has 460 valence electrons. The summed E-state index contributed by atoms with van der Waals surface area (Å²) in [6.45, 7) is 4.47. The maximum absolute atomic E-state index is 13.0. The average molecular weight is 1140 g/mol. The van der Waals surface area contributed by atoms with Gasteiger partial charge in [-0.2, -0.15) is 0 Å². The van der Waals surface area contributed by atoms with Crippen molar-refractivity contribution in [3.63, 3.8) is 0 Å². The van der Waals surface area contributed by atoms with Gasteiger partial charge in [0.05, 0.1) is 39.9 Å². The van der Waals surface area contributed by atoms with Crippen molar-refractivity contribution in [3.8, 4) is 0 Å². The number of aliphatic hydroxyl groups is 1. The maximum Gasteiger partial charge on any atom is 0.268 e. The van der Waals surface area contributed by atoms with E-state index in [0.717, 1.165) is 96.3 Å². The van der Waals surface area contributed by atoms with Gasteiger partial charge in [0.25, 0.3) is 7.82 Å². The van der Waals surface area contributed by atoms with Gasteiger partial charge in [0, 0.05) is 6.42 Å². The number of carbonyl (C=O) groups is 1. The fraction of sp³-hybridized carbons (Fsp3) is 0.625. The number of amides is 1. The number of nitrogens with one attached hydrogen (secondary N) is 1. The van der Waals surface area contributed by atoms with E-state index in [-0.39, 0.29) is 18.9 Å². The van der Waals surface area contributed by atoms with Gasteiger partial charge in [-0.15, -0.1) is 0 Å². The van der Waals surface area contributed by atoms with Crippen molar-refractivity contribution in [3.05, 3.63) is 158 Å². The Kier molecular flexibility index (Phi) is 57.8. The summed E-state index contributed by atoms with van der Waals surface area (Å²) in [6, 6.07) is -0.948. The summed E-state index contributed by atoms with van der Waals surface area (Å²) < 4.78 is 23.3. The van der Waals surface area contributed by atoms with Crippen LogP contribution in [0.2, 0.25) is 0 Å². The molecule has 3 unspecified atom stereocenters. The summed E-state index contributed by atoms with van der Waals surface area (Å²) in [6.07, 6.45) is 94.9. The first-order valence-corrected chi connectivity index (χ1v) is 33.8. The van der Waals surface area contributed by atoms with Crippen LogP contribution in [0.4, 0.5) is 0 Å². The first-order valence-electron chi connectivity index (χ1n) is 32.3. The summed E-state index contributed by atoms with van der Waals surface area (Å²) >= 11 is 0. The lowest BCUT2D eigenvalue weighted by molar-refractivity contribution is -0.870. The molecule has 0 aromatic carbocycles. The Morgan fingerprint density at radius 2 is 0.765 bits per heavy atom. The number of phosphoric acid groups is 1. The minimum atomic E-state index is -4.64. The SMILES string of the molecule is CC/C=C\C/C=C\C/C=C\C/C=C\C/C=C\C/C=C\C/C=C\C/C=C\C/C=C\C/C=C\CCCCC(=O)NC(COP(=O)([O-])OCC[N+](C)(C)C)C(O)/C=C/CC/C=C/CC/C=C/CCCCCCCCCCCCCCCCCC. The summed E-state index contributed by atoms with van der Waals surface area (Å²) in [5, 5.41) is 13.9. The first-order chi connectivity index (χ1) is 39.5. The van der Waals surface area contributed by atoms with Crippen LogP contribution in [0.3, 0.4) is 0 Å². The van der Waals surface area contributed by atoms with E-state index in [1.807, 2.05) is 27.2 Å². The highest BCUT2D eigenvalue weighted by molar-refractivity contribution is 7.45. The first kappa shape index (κ1) is 77.1. The fourth-order valence-corrected chi connectivity index (χ4v) is 9.17. The molecule has 0 aliphatic heterocycles. The highest BCUT2D eigenvalue weighted by Gasteiger charge is 2.23. The number of aliphatic hydroxyl groups excluding tert-OH is 1. The summed E-state index contributed by atoms with van der Waals surface area (Å²) in [5.41, 5.74) is 0. The molecular weight excluding hydrogens is 1020 g/mol. The molecule has 0 aromatic heterocycles. The second-order valence-corrected chi connectivity index (χ2v) is 23.8. The lowest BCUT2D eigenvalue weighted by atomic mass is 10.0. The van der Waals surface area contributed by atoms with Gasteiger partial charge in [0.2, 0.25) is 5.91 Å². The van der Waals surface area contributed by atoms with E-state index >= 15 is 0 Å². The van der Waals surface area contributed by atoms with Crippen LogP contribution >= 0.6 is 7.82 Å². The third-order valence-electron chi connectivity index (χ3n) is 13.4. The van der Waals surface area contributed by atoms with Gasteiger partial charge < -0.3 is 28.8 Å². The molecule has 9 heteroatoms. The molecule has 0 aliphatic carbocycles. The number of hydrogen-bond donors (Lipinski definition) is 2. The Morgan fingerprint density at radius 1 is 0.444 bits per heavy atom. The number of hydrogen-bond acceptors (Lipinski definition) is 6. The van der Waals surface area contributed by atoms with Crippen LogP contribution in [0.25, 0.3) is 0 Å². The van der Waals surface area contributed by atoms with Gasteiger partial charge in [-0.25, -0.2) is 0 Å². The Hall–Kier alpha value is -3.88. The molecule has 0 rings (SSSR count). The number of quaternary nitrogens is 1. The zero-order valence-corrected chi connectivity index (χ0v) is 53.3. The second kappa shape index (κ2) is 60.7. The normalized spacial score (nSPS) is 14.8. The van der Waals surface area contributed by atoms with Crippen molar-refractivity contribution < 1.29 is 32.9 Å². The molecule has 0 aromatic rings. The molecule has 0 saturated heterocycles. The Labute approximate surface area is 499 Å². The third-order valence-corrected chi connectivity index (χ3v) is 14.4. The maximum atomic E-state index is 13.0. The third kappa shape index (κ3) is 63.5. The molecule has 0 saturated carbocycles. The van der Waals surface area contributed by atoms with Crippen LogP contribution in [-0.2, 0) is 18.4 Å². The molecule has 0 spiro atoms. The van der Waals surface area contributed by atoms with Crippen LogP contribution in [0.1, 0.15) is 239 Å². The van der Waals surface area contributed by atoms with Crippen molar-refractivity contribution in [2.24, 2.45) is 0 Å². The highest BCUT2D eigenvalue weighted by Crippen LogP contribution is 2.38. The number of phosphoric ester groups is 1. The molecule has 0 aliphatic rings. The molecule has 3 atom stereocenters.